The van der Waals surface area contributed by atoms with Gasteiger partial charge in [0.05, 0.1) is 0 Å². The molecule has 0 fully saturated rings. The molecule has 0 radical (unpaired) electrons. The van der Waals surface area contributed by atoms with E-state index in [1.807, 2.05) is 0 Å². The van der Waals surface area contributed by atoms with Crippen LogP contribution in [0.25, 0.3) is 0 Å². The second-order valence-electron chi connectivity index (χ2n) is 4.44. The summed E-state index contributed by atoms with van der Waals surface area (Å²) >= 11 is 0.126. The van der Waals surface area contributed by atoms with Crippen LogP contribution < -0.4 is 0 Å². The molecule has 0 saturated carbocycles. The second-order valence-corrected chi connectivity index (χ2v) is 14.9. The lowest BCUT2D eigenvalue weighted by atomic mass is 10.5. The molecule has 0 aromatic rings. The fraction of sp³-hybridized carbons (Fsp3) is 1.00. The zero-order chi connectivity index (χ0) is 18.9. The van der Waals surface area contributed by atoms with Crippen LogP contribution in [0.2, 0.25) is 0 Å². The van der Waals surface area contributed by atoms with Gasteiger partial charge < -0.3 is 34.3 Å². The standard InChI is InChI=1S/C6H19NO11P4S/c1-3-4-7(5(19(8,9)10)20(11,12)13)6(21(14,15)16)22(17,18)23-2/h5-6H,3-4H2,1-2H3,(H,17,18)(H2,8,9,10)(H2,11,12,13)(H2,14,15,16). The van der Waals surface area contributed by atoms with Crippen LogP contribution >= 0.6 is 40.7 Å². The van der Waals surface area contributed by atoms with E-state index in [9.17, 15) is 52.5 Å². The molecular weight excluding hydrogens is 418 g/mol. The van der Waals surface area contributed by atoms with Crippen molar-refractivity contribution in [2.75, 3.05) is 12.8 Å². The predicted molar refractivity (Wildman–Crippen MR) is 84.0 cm³/mol. The van der Waals surface area contributed by atoms with Gasteiger partial charge in [0, 0.05) is 6.54 Å². The van der Waals surface area contributed by atoms with Crippen LogP contribution in [0.4, 0.5) is 0 Å². The Kier molecular flexibility index (Phi) is 8.43. The largest absolute Gasteiger partial charge is 0.355 e. The van der Waals surface area contributed by atoms with Crippen LogP contribution in [0, 0.1) is 0 Å². The first-order valence-electron chi connectivity index (χ1n) is 5.79. The van der Waals surface area contributed by atoms with Crippen molar-refractivity contribution in [1.29, 1.82) is 0 Å². The first kappa shape index (κ1) is 23.9. The lowest BCUT2D eigenvalue weighted by Gasteiger charge is -2.38. The summed E-state index contributed by atoms with van der Waals surface area (Å²) in [5.74, 6) is 0. The van der Waals surface area contributed by atoms with E-state index < -0.39 is 47.0 Å². The Morgan fingerprint density at radius 3 is 1.39 bits per heavy atom. The SMILES string of the molecule is CCCN(C(P(=O)(O)O)P(=O)(O)O)C(P(=O)(O)O)P(=O)(O)SC. The minimum Gasteiger partial charge on any atom is -0.335 e. The third-order valence-electron chi connectivity index (χ3n) is 2.53. The Labute approximate surface area is 136 Å². The molecule has 0 aliphatic carbocycles. The smallest absolute Gasteiger partial charge is 0.335 e. The Hall–Kier alpha value is 0.950. The van der Waals surface area contributed by atoms with Crippen LogP contribution in [0.5, 0.6) is 0 Å². The van der Waals surface area contributed by atoms with E-state index in [4.69, 9.17) is 0 Å². The van der Waals surface area contributed by atoms with Gasteiger partial charge in [0.2, 0.25) is 11.0 Å². The highest BCUT2D eigenvalue weighted by molar-refractivity contribution is 8.57. The topological polar surface area (TPSA) is 213 Å². The van der Waals surface area contributed by atoms with Crippen LogP contribution in [-0.4, -0.2) is 63.0 Å². The van der Waals surface area contributed by atoms with Crippen molar-refractivity contribution in [2.45, 2.75) is 24.4 Å². The highest BCUT2D eigenvalue weighted by Gasteiger charge is 2.57. The minimum atomic E-state index is -5.61. The third-order valence-corrected chi connectivity index (χ3v) is 12.9. The van der Waals surface area contributed by atoms with Crippen LogP contribution in [-0.2, 0) is 18.3 Å². The number of rotatable bonds is 9. The van der Waals surface area contributed by atoms with Gasteiger partial charge in [-0.25, -0.2) is 0 Å². The molecule has 23 heavy (non-hydrogen) atoms. The molecule has 2 atom stereocenters. The van der Waals surface area contributed by atoms with Gasteiger partial charge in [0.15, 0.2) is 0 Å². The molecule has 17 heteroatoms. The Morgan fingerprint density at radius 1 is 0.826 bits per heavy atom. The van der Waals surface area contributed by atoms with E-state index in [1.54, 1.807) is 0 Å². The molecule has 0 aromatic heterocycles. The fourth-order valence-electron chi connectivity index (χ4n) is 1.86. The molecule has 0 aromatic carbocycles. The van der Waals surface area contributed by atoms with Crippen molar-refractivity contribution in [2.24, 2.45) is 0 Å². The van der Waals surface area contributed by atoms with Gasteiger partial charge in [-0.15, -0.1) is 0 Å². The van der Waals surface area contributed by atoms with Crippen molar-refractivity contribution in [3.8, 4) is 0 Å². The number of hydrogen-bond acceptors (Lipinski definition) is 6. The molecule has 0 rings (SSSR count). The maximum Gasteiger partial charge on any atom is 0.355 e. The first-order valence-corrected chi connectivity index (χ1v) is 14.4. The van der Waals surface area contributed by atoms with Crippen molar-refractivity contribution < 1.29 is 52.5 Å². The zero-order valence-electron chi connectivity index (χ0n) is 12.0. The molecule has 0 saturated heterocycles. The van der Waals surface area contributed by atoms with Gasteiger partial charge in [0.1, 0.15) is 0 Å². The Morgan fingerprint density at radius 2 is 1.17 bits per heavy atom. The van der Waals surface area contributed by atoms with Crippen LogP contribution in [0.1, 0.15) is 13.3 Å². The van der Waals surface area contributed by atoms with Gasteiger partial charge in [-0.2, -0.15) is 0 Å². The first-order chi connectivity index (χ1) is 10.00. The minimum absolute atomic E-state index is 0.0542. The van der Waals surface area contributed by atoms with E-state index >= 15 is 0 Å². The summed E-state index contributed by atoms with van der Waals surface area (Å²) in [5.41, 5.74) is -5.62. The van der Waals surface area contributed by atoms with Crippen LogP contribution in [0.3, 0.4) is 0 Å². The summed E-state index contributed by atoms with van der Waals surface area (Å²) in [6.45, 7) is -4.04. The zero-order valence-corrected chi connectivity index (χ0v) is 16.4. The predicted octanol–water partition coefficient (Wildman–Crippen LogP) is 0.347. The van der Waals surface area contributed by atoms with Gasteiger partial charge in [0.25, 0.3) is 6.57 Å². The summed E-state index contributed by atoms with van der Waals surface area (Å²) < 4.78 is 46.6. The lowest BCUT2D eigenvalue weighted by Crippen LogP contribution is -2.43. The van der Waals surface area contributed by atoms with E-state index in [0.717, 1.165) is 6.26 Å². The van der Waals surface area contributed by atoms with Crippen molar-refractivity contribution in [3.63, 3.8) is 0 Å². The van der Waals surface area contributed by atoms with Crippen LogP contribution in [0.15, 0.2) is 0 Å². The average Bonchev–Trinajstić information content (AvgIpc) is 2.22. The summed E-state index contributed by atoms with van der Waals surface area (Å²) in [5, 5.41) is 0. The molecule has 2 unspecified atom stereocenters. The lowest BCUT2D eigenvalue weighted by molar-refractivity contribution is 0.213. The number of nitrogens with zero attached hydrogens (tertiary/aromatic N) is 1. The van der Waals surface area contributed by atoms with Crippen molar-refractivity contribution in [3.05, 3.63) is 0 Å². The molecule has 12 nitrogen and oxygen atoms in total. The molecule has 0 amide bonds. The maximum absolute atomic E-state index is 12.1. The molecule has 140 valence electrons. The summed E-state index contributed by atoms with van der Waals surface area (Å²) in [6.07, 6.45) is 0.971. The summed E-state index contributed by atoms with van der Waals surface area (Å²) in [6, 6.07) is 0. The van der Waals surface area contributed by atoms with E-state index in [2.05, 4.69) is 0 Å². The molecule has 7 N–H and O–H groups in total. The summed E-state index contributed by atoms with van der Waals surface area (Å²) in [4.78, 5) is 65.3. The van der Waals surface area contributed by atoms with Gasteiger partial charge in [-0.1, -0.05) is 18.3 Å². The maximum atomic E-state index is 12.1. The van der Waals surface area contributed by atoms with Gasteiger partial charge >= 0.3 is 22.8 Å². The summed E-state index contributed by atoms with van der Waals surface area (Å²) in [7, 11) is -16.7. The molecule has 0 aliphatic rings. The monoisotopic (exact) mass is 437 g/mol. The fourth-order valence-corrected chi connectivity index (χ4v) is 11.0. The van der Waals surface area contributed by atoms with E-state index in [1.165, 1.54) is 6.92 Å². The molecular formula is C6H19NO11P4S. The second kappa shape index (κ2) is 8.10. The molecule has 0 spiro atoms. The highest BCUT2D eigenvalue weighted by Crippen LogP contribution is 2.73. The molecule has 0 aliphatic heterocycles. The Bertz CT molecular complexity index is 571. The molecule has 0 heterocycles. The third kappa shape index (κ3) is 6.64. The number of hydrogen-bond donors (Lipinski definition) is 7. The quantitative estimate of drug-likeness (QED) is 0.243. The van der Waals surface area contributed by atoms with Gasteiger partial charge in [-0.3, -0.25) is 23.2 Å². The normalized spacial score (nSPS) is 18.2. The van der Waals surface area contributed by atoms with Gasteiger partial charge in [-0.05, 0) is 12.7 Å². The van der Waals surface area contributed by atoms with E-state index in [0.29, 0.717) is 0 Å². The Balaban J connectivity index is 6.49. The molecule has 0 bridgehead atoms. The van der Waals surface area contributed by atoms with E-state index in [-0.39, 0.29) is 22.7 Å². The van der Waals surface area contributed by atoms with Crippen molar-refractivity contribution in [1.82, 2.24) is 4.90 Å². The average molecular weight is 437 g/mol. The van der Waals surface area contributed by atoms with Crippen molar-refractivity contribution >= 4 is 40.7 Å². The highest BCUT2D eigenvalue weighted by atomic mass is 32.7.